The molecule has 0 saturated heterocycles. The van der Waals surface area contributed by atoms with E-state index >= 15 is 0 Å². The molecule has 4 rings (SSSR count). The lowest BCUT2D eigenvalue weighted by Crippen LogP contribution is -2.38. The zero-order valence-corrected chi connectivity index (χ0v) is 12.2. The average molecular weight is 296 g/mol. The number of hydrogen-bond donors (Lipinski definition) is 4. The van der Waals surface area contributed by atoms with Crippen molar-refractivity contribution in [3.8, 4) is 0 Å². The van der Waals surface area contributed by atoms with Gasteiger partial charge in [-0.3, -0.25) is 5.32 Å². The number of rotatable bonds is 2. The molecule has 4 heteroatoms. The van der Waals surface area contributed by atoms with Crippen LogP contribution in [0.25, 0.3) is 0 Å². The third kappa shape index (κ3) is 2.00. The number of benzene rings is 2. The van der Waals surface area contributed by atoms with Gasteiger partial charge in [-0.05, 0) is 22.3 Å². The predicted molar refractivity (Wildman–Crippen MR) is 84.1 cm³/mol. The van der Waals surface area contributed by atoms with Crippen molar-refractivity contribution in [3.63, 3.8) is 0 Å². The minimum atomic E-state index is -0.683. The lowest BCUT2D eigenvalue weighted by atomic mass is 10.0. The van der Waals surface area contributed by atoms with Crippen LogP contribution in [0.2, 0.25) is 0 Å². The number of fused-ring (bicyclic) bond motifs is 2. The van der Waals surface area contributed by atoms with E-state index in [1.54, 1.807) is 0 Å². The molecule has 0 amide bonds. The fraction of sp³-hybridized carbons (Fsp3) is 0.333. The molecule has 0 aliphatic heterocycles. The molecule has 2 aliphatic rings. The normalized spacial score (nSPS) is 32.8. The van der Waals surface area contributed by atoms with Gasteiger partial charge in [0.05, 0.1) is 30.3 Å². The third-order valence-electron chi connectivity index (χ3n) is 4.96. The van der Waals surface area contributed by atoms with Gasteiger partial charge in [0.1, 0.15) is 0 Å². The topological polar surface area (TPSA) is 78.5 Å². The van der Waals surface area contributed by atoms with Crippen molar-refractivity contribution in [1.29, 1.82) is 0 Å². The molecule has 2 aliphatic carbocycles. The zero-order valence-electron chi connectivity index (χ0n) is 12.2. The van der Waals surface area contributed by atoms with Gasteiger partial charge >= 0.3 is 0 Å². The molecule has 22 heavy (non-hydrogen) atoms. The Kier molecular flexibility index (Phi) is 3.27. The summed E-state index contributed by atoms with van der Waals surface area (Å²) in [5.74, 6) is 0. The monoisotopic (exact) mass is 296 g/mol. The molecule has 3 unspecified atom stereocenters. The van der Waals surface area contributed by atoms with E-state index in [4.69, 9.17) is 5.73 Å². The van der Waals surface area contributed by atoms with Gasteiger partial charge in [-0.1, -0.05) is 48.5 Å². The maximum absolute atomic E-state index is 10.5. The summed E-state index contributed by atoms with van der Waals surface area (Å²) in [6.45, 7) is 0. The fourth-order valence-corrected chi connectivity index (χ4v) is 3.83. The van der Waals surface area contributed by atoms with Gasteiger partial charge in [-0.2, -0.15) is 0 Å². The Balaban J connectivity index is 1.67. The molecular weight excluding hydrogens is 276 g/mol. The van der Waals surface area contributed by atoms with Gasteiger partial charge in [0.2, 0.25) is 0 Å². The Hall–Kier alpha value is -1.72. The molecule has 2 aromatic carbocycles. The third-order valence-corrected chi connectivity index (χ3v) is 4.96. The highest BCUT2D eigenvalue weighted by atomic mass is 16.3. The molecule has 0 saturated carbocycles. The molecule has 114 valence electrons. The lowest BCUT2D eigenvalue weighted by molar-refractivity contribution is 0.0844. The average Bonchev–Trinajstić information content (AvgIpc) is 2.98. The van der Waals surface area contributed by atoms with Crippen LogP contribution in [0.1, 0.15) is 40.4 Å². The standard InChI is InChI=1S/C18H20N2O2/c19-15-12-7-3-4-8-13(12)17(18(15)22)20-16-11-6-2-1-5-10(11)9-14(16)21/h1-8,14-18,20-22H,9,19H2/t14?,15-,16?,17?,18-/m0/s1. The Morgan fingerprint density at radius 1 is 0.864 bits per heavy atom. The number of aliphatic hydroxyl groups excluding tert-OH is 2. The molecular formula is C18H20N2O2. The van der Waals surface area contributed by atoms with Crippen molar-refractivity contribution < 1.29 is 10.2 Å². The van der Waals surface area contributed by atoms with Crippen molar-refractivity contribution in [2.75, 3.05) is 0 Å². The molecule has 4 nitrogen and oxygen atoms in total. The van der Waals surface area contributed by atoms with Crippen LogP contribution in [0.4, 0.5) is 0 Å². The number of hydrogen-bond acceptors (Lipinski definition) is 4. The molecule has 5 atom stereocenters. The predicted octanol–water partition coefficient (Wildman–Crippen LogP) is 1.35. The largest absolute Gasteiger partial charge is 0.391 e. The second kappa shape index (κ2) is 5.18. The highest BCUT2D eigenvalue weighted by Gasteiger charge is 2.41. The quantitative estimate of drug-likeness (QED) is 0.674. The van der Waals surface area contributed by atoms with Crippen LogP contribution in [0.3, 0.4) is 0 Å². The second-order valence-electron chi connectivity index (χ2n) is 6.24. The SMILES string of the molecule is N[C@H]1c2ccccc2C(NC2c3ccccc3CC2O)[C@H]1O. The summed E-state index contributed by atoms with van der Waals surface area (Å²) in [5, 5.41) is 24.3. The highest BCUT2D eigenvalue weighted by Crippen LogP contribution is 2.41. The summed E-state index contributed by atoms with van der Waals surface area (Å²) in [4.78, 5) is 0. The molecule has 2 aromatic rings. The van der Waals surface area contributed by atoms with E-state index in [-0.39, 0.29) is 18.1 Å². The molecule has 0 spiro atoms. The van der Waals surface area contributed by atoms with E-state index in [1.807, 2.05) is 48.5 Å². The van der Waals surface area contributed by atoms with Crippen molar-refractivity contribution in [2.45, 2.75) is 36.8 Å². The van der Waals surface area contributed by atoms with Crippen molar-refractivity contribution in [2.24, 2.45) is 5.73 Å². The lowest BCUT2D eigenvalue weighted by Gasteiger charge is -2.26. The number of nitrogens with two attached hydrogens (primary N) is 1. The zero-order chi connectivity index (χ0) is 15.3. The van der Waals surface area contributed by atoms with Crippen LogP contribution >= 0.6 is 0 Å². The summed E-state index contributed by atoms with van der Waals surface area (Å²) in [6, 6.07) is 15.1. The van der Waals surface area contributed by atoms with Crippen molar-refractivity contribution >= 4 is 0 Å². The molecule has 0 aromatic heterocycles. The minimum absolute atomic E-state index is 0.172. The van der Waals surface area contributed by atoms with Gasteiger partial charge in [-0.25, -0.2) is 0 Å². The van der Waals surface area contributed by atoms with E-state index in [0.717, 1.165) is 22.3 Å². The van der Waals surface area contributed by atoms with Crippen LogP contribution in [0, 0.1) is 0 Å². The van der Waals surface area contributed by atoms with E-state index in [0.29, 0.717) is 6.42 Å². The summed E-state index contributed by atoms with van der Waals surface area (Å²) >= 11 is 0. The van der Waals surface area contributed by atoms with Crippen LogP contribution in [-0.2, 0) is 6.42 Å². The first kappa shape index (κ1) is 13.9. The van der Waals surface area contributed by atoms with Crippen molar-refractivity contribution in [1.82, 2.24) is 5.32 Å². The van der Waals surface area contributed by atoms with E-state index in [9.17, 15) is 10.2 Å². The van der Waals surface area contributed by atoms with E-state index in [2.05, 4.69) is 5.32 Å². The summed E-state index contributed by atoms with van der Waals surface area (Å²) in [7, 11) is 0. The van der Waals surface area contributed by atoms with Crippen molar-refractivity contribution in [3.05, 3.63) is 70.8 Å². The molecule has 0 radical (unpaired) electrons. The maximum atomic E-state index is 10.5. The first-order chi connectivity index (χ1) is 10.7. The highest BCUT2D eigenvalue weighted by molar-refractivity contribution is 5.41. The van der Waals surface area contributed by atoms with Crippen LogP contribution in [0.15, 0.2) is 48.5 Å². The number of aliphatic hydroxyl groups is 2. The van der Waals surface area contributed by atoms with Crippen LogP contribution in [-0.4, -0.2) is 22.4 Å². The summed E-state index contributed by atoms with van der Waals surface area (Å²) in [5.41, 5.74) is 10.4. The first-order valence-electron chi connectivity index (χ1n) is 7.71. The Morgan fingerprint density at radius 3 is 2.27 bits per heavy atom. The Labute approximate surface area is 129 Å². The van der Waals surface area contributed by atoms with Gasteiger partial charge < -0.3 is 15.9 Å². The first-order valence-corrected chi connectivity index (χ1v) is 7.71. The smallest absolute Gasteiger partial charge is 0.0927 e. The Morgan fingerprint density at radius 2 is 1.50 bits per heavy atom. The summed E-state index contributed by atoms with van der Waals surface area (Å²) < 4.78 is 0. The van der Waals surface area contributed by atoms with Gasteiger partial charge in [0.25, 0.3) is 0 Å². The van der Waals surface area contributed by atoms with Crippen LogP contribution < -0.4 is 11.1 Å². The summed E-state index contributed by atoms with van der Waals surface area (Å²) in [6.07, 6.45) is -0.518. The number of nitrogens with one attached hydrogen (secondary N) is 1. The van der Waals surface area contributed by atoms with Gasteiger partial charge in [-0.15, -0.1) is 0 Å². The maximum Gasteiger partial charge on any atom is 0.0927 e. The molecule has 5 N–H and O–H groups in total. The molecule has 0 bridgehead atoms. The molecule has 0 fully saturated rings. The molecule has 0 heterocycles. The fourth-order valence-electron chi connectivity index (χ4n) is 3.83. The minimum Gasteiger partial charge on any atom is -0.391 e. The second-order valence-corrected chi connectivity index (χ2v) is 6.24. The van der Waals surface area contributed by atoms with Gasteiger partial charge in [0.15, 0.2) is 0 Å². The van der Waals surface area contributed by atoms with E-state index < -0.39 is 12.2 Å². The van der Waals surface area contributed by atoms with Gasteiger partial charge in [0, 0.05) is 6.42 Å². The van der Waals surface area contributed by atoms with Crippen LogP contribution in [0.5, 0.6) is 0 Å². The van der Waals surface area contributed by atoms with E-state index in [1.165, 1.54) is 0 Å². The Bertz CT molecular complexity index is 703.